The van der Waals surface area contributed by atoms with Crippen LogP contribution in [0.3, 0.4) is 0 Å². The number of rotatable bonds is 6. The van der Waals surface area contributed by atoms with E-state index >= 15 is 0 Å². The number of fused-ring (bicyclic) bond motifs is 1. The van der Waals surface area contributed by atoms with E-state index in [4.69, 9.17) is 14.6 Å². The number of non-ortho nitro benzene ring substituents is 1. The molecule has 0 saturated heterocycles. The third-order valence-corrected chi connectivity index (χ3v) is 3.82. The zero-order valence-corrected chi connectivity index (χ0v) is 13.4. The molecular formula is C17H14N2O7. The van der Waals surface area contributed by atoms with Crippen LogP contribution in [0.25, 0.3) is 0 Å². The van der Waals surface area contributed by atoms with E-state index in [1.54, 1.807) is 18.2 Å². The number of carbonyl (C=O) groups is 2. The largest absolute Gasteiger partial charge is 0.481 e. The van der Waals surface area contributed by atoms with Gasteiger partial charge < -0.3 is 19.9 Å². The van der Waals surface area contributed by atoms with E-state index in [-0.39, 0.29) is 24.5 Å². The first kappa shape index (κ1) is 17.2. The maximum Gasteiger partial charge on any atom is 0.305 e. The highest BCUT2D eigenvalue weighted by atomic mass is 16.7. The lowest BCUT2D eigenvalue weighted by atomic mass is 10.0. The van der Waals surface area contributed by atoms with Gasteiger partial charge in [-0.05, 0) is 29.8 Å². The number of ether oxygens (including phenoxy) is 2. The second kappa shape index (κ2) is 7.09. The first-order valence-corrected chi connectivity index (χ1v) is 7.60. The summed E-state index contributed by atoms with van der Waals surface area (Å²) in [4.78, 5) is 33.7. The van der Waals surface area contributed by atoms with Gasteiger partial charge in [0.1, 0.15) is 0 Å². The zero-order valence-electron chi connectivity index (χ0n) is 13.4. The first-order chi connectivity index (χ1) is 12.4. The fraction of sp³-hybridized carbons (Fsp3) is 0.176. The van der Waals surface area contributed by atoms with Gasteiger partial charge in [-0.3, -0.25) is 19.7 Å². The molecule has 2 aromatic carbocycles. The monoisotopic (exact) mass is 358 g/mol. The van der Waals surface area contributed by atoms with Crippen molar-refractivity contribution in [3.8, 4) is 11.5 Å². The van der Waals surface area contributed by atoms with Crippen molar-refractivity contribution in [1.29, 1.82) is 0 Å². The Kier molecular flexibility index (Phi) is 4.70. The molecule has 0 unspecified atom stereocenters. The van der Waals surface area contributed by atoms with Crippen molar-refractivity contribution in [2.45, 2.75) is 12.5 Å². The number of carbonyl (C=O) groups excluding carboxylic acids is 1. The third-order valence-electron chi connectivity index (χ3n) is 3.82. The molecule has 0 fully saturated rings. The highest BCUT2D eigenvalue weighted by Crippen LogP contribution is 2.34. The molecular weight excluding hydrogens is 344 g/mol. The summed E-state index contributed by atoms with van der Waals surface area (Å²) in [7, 11) is 0. The number of nitro groups is 1. The highest BCUT2D eigenvalue weighted by molar-refractivity contribution is 5.94. The summed E-state index contributed by atoms with van der Waals surface area (Å²) in [5, 5.41) is 22.4. The Bertz CT molecular complexity index is 864. The van der Waals surface area contributed by atoms with Crippen molar-refractivity contribution in [2.24, 2.45) is 0 Å². The van der Waals surface area contributed by atoms with E-state index in [0.29, 0.717) is 17.1 Å². The van der Waals surface area contributed by atoms with Crippen molar-refractivity contribution in [2.75, 3.05) is 6.79 Å². The Morgan fingerprint density at radius 1 is 1.15 bits per heavy atom. The Balaban J connectivity index is 1.80. The van der Waals surface area contributed by atoms with Crippen molar-refractivity contribution >= 4 is 17.6 Å². The van der Waals surface area contributed by atoms with Crippen molar-refractivity contribution in [1.82, 2.24) is 5.32 Å². The molecule has 1 amide bonds. The van der Waals surface area contributed by atoms with Crippen LogP contribution in [-0.2, 0) is 4.79 Å². The average Bonchev–Trinajstić information content (AvgIpc) is 3.08. The normalized spacial score (nSPS) is 13.1. The van der Waals surface area contributed by atoms with Gasteiger partial charge in [0.2, 0.25) is 6.79 Å². The van der Waals surface area contributed by atoms with E-state index in [1.807, 2.05) is 0 Å². The van der Waals surface area contributed by atoms with Crippen LogP contribution in [0.15, 0.2) is 42.5 Å². The minimum absolute atomic E-state index is 0.0809. The number of aliphatic carboxylic acids is 1. The Labute approximate surface area is 147 Å². The standard InChI is InChI=1S/C17H14N2O7/c20-16(21)8-13(11-3-6-14-15(7-11)26-9-25-14)18-17(22)10-1-4-12(5-2-10)19(23)24/h1-7,13H,8-9H2,(H,18,22)(H,20,21)/t13-/m1/s1. The molecule has 1 heterocycles. The van der Waals surface area contributed by atoms with Crippen LogP contribution >= 0.6 is 0 Å². The van der Waals surface area contributed by atoms with E-state index < -0.39 is 22.8 Å². The number of nitrogens with zero attached hydrogens (tertiary/aromatic N) is 1. The van der Waals surface area contributed by atoms with Crippen LogP contribution in [0.5, 0.6) is 11.5 Å². The summed E-state index contributed by atoms with van der Waals surface area (Å²) in [6.45, 7) is 0.0809. The van der Waals surface area contributed by atoms with Crippen LogP contribution in [0.2, 0.25) is 0 Å². The van der Waals surface area contributed by atoms with E-state index in [2.05, 4.69) is 5.32 Å². The van der Waals surface area contributed by atoms with E-state index in [0.717, 1.165) is 0 Å². The summed E-state index contributed by atoms with van der Waals surface area (Å²) in [6, 6.07) is 9.15. The molecule has 1 atom stereocenters. The molecule has 1 aliphatic heterocycles. The lowest BCUT2D eigenvalue weighted by Crippen LogP contribution is -2.30. The number of nitrogens with one attached hydrogen (secondary N) is 1. The van der Waals surface area contributed by atoms with Gasteiger partial charge in [-0.25, -0.2) is 0 Å². The molecule has 3 rings (SSSR count). The van der Waals surface area contributed by atoms with Gasteiger partial charge >= 0.3 is 5.97 Å². The maximum atomic E-state index is 12.4. The van der Waals surface area contributed by atoms with Crippen molar-refractivity contribution < 1.29 is 29.1 Å². The third kappa shape index (κ3) is 3.72. The molecule has 9 nitrogen and oxygen atoms in total. The second-order valence-electron chi connectivity index (χ2n) is 5.54. The van der Waals surface area contributed by atoms with Gasteiger partial charge in [0.15, 0.2) is 11.5 Å². The molecule has 0 spiro atoms. The van der Waals surface area contributed by atoms with Gasteiger partial charge in [-0.1, -0.05) is 6.07 Å². The number of carboxylic acids is 1. The second-order valence-corrected chi connectivity index (χ2v) is 5.54. The van der Waals surface area contributed by atoms with Gasteiger partial charge in [-0.15, -0.1) is 0 Å². The molecule has 1 aliphatic rings. The molecule has 0 bridgehead atoms. The molecule has 0 radical (unpaired) electrons. The minimum atomic E-state index is -1.09. The molecule has 9 heteroatoms. The summed E-state index contributed by atoms with van der Waals surface area (Å²) >= 11 is 0. The Morgan fingerprint density at radius 3 is 2.50 bits per heavy atom. The molecule has 2 aromatic rings. The lowest BCUT2D eigenvalue weighted by molar-refractivity contribution is -0.384. The summed E-state index contributed by atoms with van der Waals surface area (Å²) < 4.78 is 10.5. The van der Waals surface area contributed by atoms with E-state index in [9.17, 15) is 19.7 Å². The van der Waals surface area contributed by atoms with E-state index in [1.165, 1.54) is 24.3 Å². The Hall–Kier alpha value is -3.62. The number of nitro benzene ring substituents is 1. The van der Waals surface area contributed by atoms with Crippen LogP contribution in [-0.4, -0.2) is 28.7 Å². The average molecular weight is 358 g/mol. The van der Waals surface area contributed by atoms with Crippen LogP contribution < -0.4 is 14.8 Å². The number of carboxylic acid groups (broad SMARTS) is 1. The molecule has 134 valence electrons. The van der Waals surface area contributed by atoms with Crippen LogP contribution in [0.4, 0.5) is 5.69 Å². The van der Waals surface area contributed by atoms with Crippen LogP contribution in [0, 0.1) is 10.1 Å². The lowest BCUT2D eigenvalue weighted by Gasteiger charge is -2.18. The number of hydrogen-bond donors (Lipinski definition) is 2. The zero-order chi connectivity index (χ0) is 18.7. The van der Waals surface area contributed by atoms with Crippen molar-refractivity contribution in [3.63, 3.8) is 0 Å². The molecule has 2 N–H and O–H groups in total. The topological polar surface area (TPSA) is 128 Å². The highest BCUT2D eigenvalue weighted by Gasteiger charge is 2.22. The van der Waals surface area contributed by atoms with Gasteiger partial charge in [0.05, 0.1) is 17.4 Å². The number of benzene rings is 2. The SMILES string of the molecule is O=C(O)C[C@@H](NC(=O)c1ccc([N+](=O)[O-])cc1)c1ccc2c(c1)OCO2. The molecule has 0 aromatic heterocycles. The molecule has 0 aliphatic carbocycles. The molecule has 26 heavy (non-hydrogen) atoms. The number of amides is 1. The fourth-order valence-corrected chi connectivity index (χ4v) is 2.53. The van der Waals surface area contributed by atoms with Gasteiger partial charge in [-0.2, -0.15) is 0 Å². The van der Waals surface area contributed by atoms with Gasteiger partial charge in [0, 0.05) is 17.7 Å². The number of hydrogen-bond acceptors (Lipinski definition) is 6. The smallest absolute Gasteiger partial charge is 0.305 e. The predicted octanol–water partition coefficient (Wildman–Crippen LogP) is 2.27. The maximum absolute atomic E-state index is 12.4. The van der Waals surface area contributed by atoms with Crippen molar-refractivity contribution in [3.05, 3.63) is 63.7 Å². The summed E-state index contributed by atoms with van der Waals surface area (Å²) in [6.07, 6.45) is -0.335. The summed E-state index contributed by atoms with van der Waals surface area (Å²) in [5.41, 5.74) is 0.595. The quantitative estimate of drug-likeness (QED) is 0.599. The fourth-order valence-electron chi connectivity index (χ4n) is 2.53. The Morgan fingerprint density at radius 2 is 1.85 bits per heavy atom. The predicted molar refractivity (Wildman–Crippen MR) is 88.1 cm³/mol. The molecule has 0 saturated carbocycles. The minimum Gasteiger partial charge on any atom is -0.481 e. The first-order valence-electron chi connectivity index (χ1n) is 7.60. The van der Waals surface area contributed by atoms with Crippen LogP contribution in [0.1, 0.15) is 28.4 Å². The summed E-state index contributed by atoms with van der Waals surface area (Å²) in [5.74, 6) is -0.604. The van der Waals surface area contributed by atoms with Gasteiger partial charge in [0.25, 0.3) is 11.6 Å².